The molecule has 16 heavy (non-hydrogen) atoms. The second-order valence-electron chi connectivity index (χ2n) is 5.56. The van der Waals surface area contributed by atoms with Gasteiger partial charge in [0.05, 0.1) is 0 Å². The molecule has 1 aliphatic carbocycles. The minimum Gasteiger partial charge on any atom is -0.248 e. The quantitative estimate of drug-likeness (QED) is 0.415. The molecule has 0 unspecified atom stereocenters. The Labute approximate surface area is 114 Å². The highest BCUT2D eigenvalue weighted by Gasteiger charge is 2.45. The lowest BCUT2D eigenvalue weighted by molar-refractivity contribution is 0.0252. The van der Waals surface area contributed by atoms with Crippen LogP contribution in [0.25, 0.3) is 0 Å². The van der Waals surface area contributed by atoms with Crippen LogP contribution in [0.4, 0.5) is 0 Å². The molecule has 2 fully saturated rings. The molecule has 1 nitrogen and oxygen atoms in total. The van der Waals surface area contributed by atoms with E-state index in [2.05, 4.69) is 45.9 Å². The molecule has 92 valence electrons. The third kappa shape index (κ3) is 2.63. The molecular weight excluding hydrogens is 309 g/mol. The monoisotopic (exact) mass is 333 g/mol. The smallest absolute Gasteiger partial charge is 0.0201 e. The van der Waals surface area contributed by atoms with E-state index in [4.69, 9.17) is 0 Å². The van der Waals surface area contributed by atoms with Crippen LogP contribution in [0.1, 0.15) is 52.4 Å². The van der Waals surface area contributed by atoms with E-state index in [0.29, 0.717) is 0 Å². The van der Waals surface area contributed by atoms with Crippen LogP contribution in [-0.2, 0) is 0 Å². The summed E-state index contributed by atoms with van der Waals surface area (Å²) >= 11 is 2.48. The predicted octanol–water partition coefficient (Wildman–Crippen LogP) is 4.58. The molecular formula is C14H24IN. The van der Waals surface area contributed by atoms with Crippen LogP contribution in [0.3, 0.4) is 0 Å². The normalized spacial score (nSPS) is 27.1. The van der Waals surface area contributed by atoms with Gasteiger partial charge in [0.15, 0.2) is 0 Å². The molecule has 1 aliphatic heterocycles. The fraction of sp³-hybridized carbons (Fsp3) is 0.857. The molecule has 0 aromatic carbocycles. The summed E-state index contributed by atoms with van der Waals surface area (Å²) in [6, 6.07) is 0. The topological polar surface area (TPSA) is 3.24 Å². The number of allylic oxidation sites excluding steroid dienone is 2. The van der Waals surface area contributed by atoms with Crippen molar-refractivity contribution in [3.8, 4) is 0 Å². The molecule has 2 aliphatic rings. The van der Waals surface area contributed by atoms with E-state index >= 15 is 0 Å². The maximum Gasteiger partial charge on any atom is 0.0201 e. The first-order chi connectivity index (χ1) is 7.69. The zero-order valence-corrected chi connectivity index (χ0v) is 12.8. The Morgan fingerprint density at radius 2 is 1.94 bits per heavy atom. The minimum atomic E-state index is 0.744. The zero-order valence-electron chi connectivity index (χ0n) is 10.6. The number of hydrogen-bond donors (Lipinski definition) is 0. The Balaban J connectivity index is 1.86. The van der Waals surface area contributed by atoms with Gasteiger partial charge in [-0.25, -0.2) is 3.11 Å². The van der Waals surface area contributed by atoms with Gasteiger partial charge in [-0.1, -0.05) is 25.5 Å². The summed E-state index contributed by atoms with van der Waals surface area (Å²) in [6.45, 7) is 7.21. The van der Waals surface area contributed by atoms with Crippen molar-refractivity contribution in [2.24, 2.45) is 11.3 Å². The highest BCUT2D eigenvalue weighted by molar-refractivity contribution is 14.1. The Morgan fingerprint density at radius 3 is 2.44 bits per heavy atom. The standard InChI is InChI=1S/C14H24IN/c1-3-5-12(4-2)13-10-14(11-13)6-8-16(15)9-7-14/h5,13H,3-4,6-11H2,1-2H3. The number of piperidine rings is 1. The second kappa shape index (κ2) is 5.38. The maximum atomic E-state index is 2.48. The molecule has 2 heteroatoms. The Hall–Kier alpha value is 0.430. The number of hydrogen-bond acceptors (Lipinski definition) is 1. The van der Waals surface area contributed by atoms with Crippen molar-refractivity contribution in [3.63, 3.8) is 0 Å². The van der Waals surface area contributed by atoms with E-state index < -0.39 is 0 Å². The van der Waals surface area contributed by atoms with E-state index in [1.165, 1.54) is 51.6 Å². The number of nitrogens with zero attached hydrogens (tertiary/aromatic N) is 1. The number of halogens is 1. The van der Waals surface area contributed by atoms with Crippen LogP contribution in [0.5, 0.6) is 0 Å². The lowest BCUT2D eigenvalue weighted by atomic mass is 9.55. The summed E-state index contributed by atoms with van der Waals surface area (Å²) in [5.74, 6) is 0.936. The maximum absolute atomic E-state index is 2.48. The summed E-state index contributed by atoms with van der Waals surface area (Å²) in [7, 11) is 0. The molecule has 1 saturated heterocycles. The summed E-state index contributed by atoms with van der Waals surface area (Å²) in [5, 5.41) is 0. The SMILES string of the molecule is CCC=C(CC)C1CC2(CCN(I)CC2)C1. The molecule has 2 rings (SSSR count). The fourth-order valence-corrected chi connectivity index (χ4v) is 3.95. The van der Waals surface area contributed by atoms with E-state index in [0.717, 1.165) is 11.3 Å². The van der Waals surface area contributed by atoms with E-state index in [9.17, 15) is 0 Å². The largest absolute Gasteiger partial charge is 0.248 e. The van der Waals surface area contributed by atoms with Gasteiger partial charge in [0.2, 0.25) is 0 Å². The van der Waals surface area contributed by atoms with Crippen molar-refractivity contribution in [3.05, 3.63) is 11.6 Å². The van der Waals surface area contributed by atoms with E-state index in [-0.39, 0.29) is 0 Å². The third-order valence-electron chi connectivity index (χ3n) is 4.53. The minimum absolute atomic E-state index is 0.744. The van der Waals surface area contributed by atoms with Crippen LogP contribution in [0.2, 0.25) is 0 Å². The van der Waals surface area contributed by atoms with Crippen LogP contribution >= 0.6 is 22.9 Å². The van der Waals surface area contributed by atoms with Gasteiger partial charge in [-0.2, -0.15) is 0 Å². The molecule has 0 amide bonds. The summed E-state index contributed by atoms with van der Waals surface area (Å²) < 4.78 is 2.46. The molecule has 1 saturated carbocycles. The van der Waals surface area contributed by atoms with Crippen molar-refractivity contribution in [2.75, 3.05) is 13.1 Å². The van der Waals surface area contributed by atoms with Crippen LogP contribution in [0, 0.1) is 11.3 Å². The Kier molecular flexibility index (Phi) is 4.33. The molecule has 0 aromatic rings. The molecule has 1 spiro atoms. The number of rotatable bonds is 3. The average molecular weight is 333 g/mol. The van der Waals surface area contributed by atoms with Gasteiger partial charge in [-0.15, -0.1) is 0 Å². The lowest BCUT2D eigenvalue weighted by Gasteiger charge is -2.52. The van der Waals surface area contributed by atoms with Crippen LogP contribution in [-0.4, -0.2) is 16.2 Å². The molecule has 0 atom stereocenters. The summed E-state index contributed by atoms with van der Waals surface area (Å²) in [6.07, 6.45) is 10.8. The van der Waals surface area contributed by atoms with Gasteiger partial charge in [-0.05, 0) is 49.9 Å². The first-order valence-corrected chi connectivity index (χ1v) is 7.75. The fourth-order valence-electron chi connectivity index (χ4n) is 3.47. The first kappa shape index (κ1) is 12.9. The third-order valence-corrected chi connectivity index (χ3v) is 5.49. The lowest BCUT2D eigenvalue weighted by Crippen LogP contribution is -2.45. The summed E-state index contributed by atoms with van der Waals surface area (Å²) in [4.78, 5) is 0. The highest BCUT2D eigenvalue weighted by atomic mass is 127. The summed E-state index contributed by atoms with van der Waals surface area (Å²) in [5.41, 5.74) is 2.49. The molecule has 0 N–H and O–H groups in total. The van der Waals surface area contributed by atoms with Gasteiger partial charge in [-0.3, -0.25) is 0 Å². The zero-order chi connectivity index (χ0) is 11.6. The molecule has 1 heterocycles. The highest BCUT2D eigenvalue weighted by Crippen LogP contribution is 2.55. The molecule has 0 aromatic heterocycles. The average Bonchev–Trinajstić information content (AvgIpc) is 2.25. The van der Waals surface area contributed by atoms with Crippen molar-refractivity contribution < 1.29 is 0 Å². The van der Waals surface area contributed by atoms with Gasteiger partial charge in [0.25, 0.3) is 0 Å². The van der Waals surface area contributed by atoms with Crippen molar-refractivity contribution >= 4 is 22.9 Å². The Morgan fingerprint density at radius 1 is 1.31 bits per heavy atom. The van der Waals surface area contributed by atoms with Gasteiger partial charge >= 0.3 is 0 Å². The molecule has 0 bridgehead atoms. The van der Waals surface area contributed by atoms with E-state index in [1.54, 1.807) is 5.57 Å². The Bertz CT molecular complexity index is 256. The van der Waals surface area contributed by atoms with Gasteiger partial charge in [0.1, 0.15) is 0 Å². The van der Waals surface area contributed by atoms with Crippen LogP contribution in [0.15, 0.2) is 11.6 Å². The van der Waals surface area contributed by atoms with Crippen LogP contribution < -0.4 is 0 Å². The van der Waals surface area contributed by atoms with Crippen molar-refractivity contribution in [1.29, 1.82) is 0 Å². The van der Waals surface area contributed by atoms with Gasteiger partial charge < -0.3 is 0 Å². The van der Waals surface area contributed by atoms with Crippen molar-refractivity contribution in [2.45, 2.75) is 52.4 Å². The second-order valence-corrected chi connectivity index (χ2v) is 6.92. The van der Waals surface area contributed by atoms with E-state index in [1.807, 2.05) is 0 Å². The molecule has 0 radical (unpaired) electrons. The van der Waals surface area contributed by atoms with Gasteiger partial charge in [0, 0.05) is 36.0 Å². The predicted molar refractivity (Wildman–Crippen MR) is 78.6 cm³/mol. The first-order valence-electron chi connectivity index (χ1n) is 6.79. The van der Waals surface area contributed by atoms with Crippen molar-refractivity contribution in [1.82, 2.24) is 3.11 Å².